The number of fused-ring (bicyclic) bond motifs is 1. The normalized spacial score (nSPS) is 14.3. The van der Waals surface area contributed by atoms with Crippen molar-refractivity contribution in [2.45, 2.75) is 62.1 Å². The van der Waals surface area contributed by atoms with Crippen LogP contribution in [0.4, 0.5) is 5.00 Å². The number of carbonyl (C=O) groups excluding carboxylic acids is 2. The summed E-state index contributed by atoms with van der Waals surface area (Å²) in [5.74, 6) is -0.0480. The number of ether oxygens (including phenoxy) is 2. The Morgan fingerprint density at radius 1 is 1.17 bits per heavy atom. The molecule has 0 saturated heterocycles. The maximum Gasteiger partial charge on any atom is 0.442 e. The average Bonchev–Trinajstić information content (AvgIpc) is 3.40. The number of benzene rings is 1. The lowest BCUT2D eigenvalue weighted by molar-refractivity contribution is -0.704. The van der Waals surface area contributed by atoms with Crippen molar-refractivity contribution >= 4 is 40.0 Å². The first-order valence-corrected chi connectivity index (χ1v) is 13.6. The molecule has 1 aromatic carbocycles. The molecule has 192 valence electrons. The topological polar surface area (TPSA) is 115 Å². The summed E-state index contributed by atoms with van der Waals surface area (Å²) in [5.41, 5.74) is 1.54. The second-order valence-corrected chi connectivity index (χ2v) is 10.7. The van der Waals surface area contributed by atoms with Crippen LogP contribution in [-0.2, 0) is 22.4 Å². The summed E-state index contributed by atoms with van der Waals surface area (Å²) < 4.78 is 16.8. The predicted molar refractivity (Wildman–Crippen MR) is 138 cm³/mol. The quantitative estimate of drug-likeness (QED) is 0.253. The van der Waals surface area contributed by atoms with Gasteiger partial charge in [0.05, 0.1) is 25.0 Å². The van der Waals surface area contributed by atoms with E-state index in [1.54, 1.807) is 31.4 Å². The van der Waals surface area contributed by atoms with Gasteiger partial charge in [-0.1, -0.05) is 19.8 Å². The van der Waals surface area contributed by atoms with Crippen molar-refractivity contribution in [3.05, 3.63) is 50.7 Å². The first-order valence-electron chi connectivity index (χ1n) is 11.9. The molecule has 2 N–H and O–H groups in total. The smallest absolute Gasteiger partial charge is 0.442 e. The summed E-state index contributed by atoms with van der Waals surface area (Å²) in [6.07, 6.45) is 6.49. The van der Waals surface area contributed by atoms with E-state index in [9.17, 15) is 14.4 Å². The number of thiophene rings is 1. The van der Waals surface area contributed by atoms with Crippen LogP contribution in [0.1, 0.15) is 59.8 Å². The fraction of sp³-hybridized carbons (Fsp3) is 0.440. The van der Waals surface area contributed by atoms with Crippen molar-refractivity contribution in [2.75, 3.05) is 19.5 Å². The van der Waals surface area contributed by atoms with Crippen LogP contribution in [0.25, 0.3) is 5.69 Å². The number of nitrogens with zero attached hydrogens (tertiary/aromatic N) is 1. The number of amides is 1. The van der Waals surface area contributed by atoms with Gasteiger partial charge in [-0.15, -0.1) is 11.3 Å². The number of H-pyrrole nitrogens is 1. The molecule has 11 heteroatoms. The van der Waals surface area contributed by atoms with Gasteiger partial charge in [0.1, 0.15) is 10.8 Å². The predicted octanol–water partition coefficient (Wildman–Crippen LogP) is 4.27. The molecular formula is C25H30N3O6S2+. The van der Waals surface area contributed by atoms with Crippen molar-refractivity contribution in [3.63, 3.8) is 0 Å². The minimum Gasteiger partial charge on any atom is -0.497 e. The lowest BCUT2D eigenvalue weighted by atomic mass is 9.96. The largest absolute Gasteiger partial charge is 0.497 e. The highest BCUT2D eigenvalue weighted by atomic mass is 32.2. The summed E-state index contributed by atoms with van der Waals surface area (Å²) >= 11 is 2.57. The minimum atomic E-state index is -0.594. The van der Waals surface area contributed by atoms with Crippen LogP contribution in [0.3, 0.4) is 0 Å². The zero-order valence-electron chi connectivity index (χ0n) is 20.5. The highest BCUT2D eigenvalue weighted by molar-refractivity contribution is 8.00. The Morgan fingerprint density at radius 2 is 1.89 bits per heavy atom. The van der Waals surface area contributed by atoms with E-state index in [4.69, 9.17) is 14.0 Å². The lowest BCUT2D eigenvalue weighted by Gasteiger charge is -2.13. The highest BCUT2D eigenvalue weighted by Crippen LogP contribution is 2.38. The molecule has 4 rings (SSSR count). The number of aryl methyl sites for hydroxylation is 1. The molecule has 0 aliphatic heterocycles. The number of aromatic amines is 1. The van der Waals surface area contributed by atoms with Crippen molar-refractivity contribution in [3.8, 4) is 11.4 Å². The molecule has 3 aromatic rings. The van der Waals surface area contributed by atoms with Gasteiger partial charge in [0.15, 0.2) is 0 Å². The van der Waals surface area contributed by atoms with E-state index in [0.29, 0.717) is 28.4 Å². The lowest BCUT2D eigenvalue weighted by Crippen LogP contribution is -2.37. The number of anilines is 1. The van der Waals surface area contributed by atoms with Crippen LogP contribution in [0.5, 0.6) is 5.75 Å². The molecule has 2 heterocycles. The van der Waals surface area contributed by atoms with Gasteiger partial charge >= 0.3 is 16.6 Å². The van der Waals surface area contributed by atoms with Gasteiger partial charge < -0.3 is 14.8 Å². The van der Waals surface area contributed by atoms with Crippen LogP contribution in [0.2, 0.25) is 0 Å². The molecule has 0 saturated carbocycles. The number of hydrogen-bond donors (Lipinski definition) is 2. The Bertz CT molecular complexity index is 1280. The van der Waals surface area contributed by atoms with E-state index in [1.807, 2.05) is 6.92 Å². The summed E-state index contributed by atoms with van der Waals surface area (Å²) in [4.78, 5) is 39.7. The number of methoxy groups -OCH3 is 2. The summed E-state index contributed by atoms with van der Waals surface area (Å²) in [6.45, 7) is 1.87. The Kier molecular flexibility index (Phi) is 8.52. The van der Waals surface area contributed by atoms with E-state index in [2.05, 4.69) is 10.6 Å². The summed E-state index contributed by atoms with van der Waals surface area (Å²) in [5, 5.41) is 5.74. The Balaban J connectivity index is 1.59. The molecule has 0 fully saturated rings. The number of thioether (sulfide) groups is 1. The Morgan fingerprint density at radius 3 is 2.56 bits per heavy atom. The third-order valence-corrected chi connectivity index (χ3v) is 8.76. The van der Waals surface area contributed by atoms with Gasteiger partial charge in [0, 0.05) is 17.0 Å². The second kappa shape index (κ2) is 11.8. The third kappa shape index (κ3) is 5.52. The van der Waals surface area contributed by atoms with E-state index >= 15 is 0 Å². The van der Waals surface area contributed by atoms with E-state index in [0.717, 1.165) is 60.7 Å². The van der Waals surface area contributed by atoms with E-state index in [1.165, 1.54) is 23.1 Å². The molecule has 9 nitrogen and oxygen atoms in total. The van der Waals surface area contributed by atoms with Crippen LogP contribution in [0.15, 0.2) is 38.6 Å². The van der Waals surface area contributed by atoms with Crippen LogP contribution < -0.4 is 20.4 Å². The zero-order valence-corrected chi connectivity index (χ0v) is 22.2. The van der Waals surface area contributed by atoms with Crippen LogP contribution in [-0.4, -0.2) is 36.6 Å². The van der Waals surface area contributed by atoms with Crippen molar-refractivity contribution in [1.29, 1.82) is 0 Å². The fourth-order valence-electron chi connectivity index (χ4n) is 4.24. The zero-order chi connectivity index (χ0) is 25.7. The number of aromatic nitrogens is 2. The summed E-state index contributed by atoms with van der Waals surface area (Å²) in [6, 6.07) is 7.09. The molecule has 36 heavy (non-hydrogen) atoms. The standard InChI is InChI=1S/C25H29N3O6S2/c1-4-18(36-23-25(31)34-27-28(23)15-11-13-16(32-2)14-12-15)21(29)26-22-20(24(30)33-3)17-9-7-5-6-8-10-19(17)35-22/h11-14,18H,4-10H2,1-3H3,(H-,26,27,29,30,31)/p+1. The van der Waals surface area contributed by atoms with Gasteiger partial charge in [-0.25, -0.2) is 9.59 Å². The number of rotatable bonds is 8. The monoisotopic (exact) mass is 532 g/mol. The molecule has 2 aromatic heterocycles. The maximum atomic E-state index is 13.4. The second-order valence-electron chi connectivity index (χ2n) is 8.44. The summed E-state index contributed by atoms with van der Waals surface area (Å²) in [7, 11) is 2.93. The molecule has 1 atom stereocenters. The maximum absolute atomic E-state index is 13.4. The van der Waals surface area contributed by atoms with E-state index in [-0.39, 0.29) is 10.9 Å². The molecule has 0 radical (unpaired) electrons. The highest BCUT2D eigenvalue weighted by Gasteiger charge is 2.32. The van der Waals surface area contributed by atoms with Gasteiger partial charge in [0.2, 0.25) is 11.6 Å². The molecule has 0 bridgehead atoms. The number of esters is 1. The van der Waals surface area contributed by atoms with Gasteiger partial charge in [-0.2, -0.15) is 0 Å². The molecule has 0 spiro atoms. The first kappa shape index (κ1) is 26.0. The Hall–Kier alpha value is -3.05. The van der Waals surface area contributed by atoms with Crippen molar-refractivity contribution in [1.82, 2.24) is 5.27 Å². The minimum absolute atomic E-state index is 0.244. The Labute approximate surface area is 217 Å². The van der Waals surface area contributed by atoms with Crippen molar-refractivity contribution < 1.29 is 28.3 Å². The van der Waals surface area contributed by atoms with Crippen LogP contribution in [0, 0.1) is 0 Å². The fourth-order valence-corrected chi connectivity index (χ4v) is 6.51. The number of nitrogens with one attached hydrogen (secondary N) is 2. The average molecular weight is 533 g/mol. The van der Waals surface area contributed by atoms with Crippen molar-refractivity contribution in [2.24, 2.45) is 0 Å². The number of carbonyl (C=O) groups is 2. The van der Waals surface area contributed by atoms with Gasteiger partial charge in [-0.3, -0.25) is 9.32 Å². The van der Waals surface area contributed by atoms with Gasteiger partial charge in [0.25, 0.3) is 0 Å². The molecule has 1 amide bonds. The van der Waals surface area contributed by atoms with Crippen LogP contribution >= 0.6 is 23.1 Å². The molecule has 1 aliphatic rings. The van der Waals surface area contributed by atoms with E-state index < -0.39 is 16.8 Å². The molecule has 1 aliphatic carbocycles. The van der Waals surface area contributed by atoms with Gasteiger partial charge in [-0.05, 0) is 71.5 Å². The first-order chi connectivity index (χ1) is 17.5. The number of hydrogen-bond acceptors (Lipinski definition) is 8. The third-order valence-electron chi connectivity index (χ3n) is 6.15. The molecule has 1 unspecified atom stereocenters. The SMILES string of the molecule is CCC(Sc1c(=O)o[nH][n+]1-c1ccc(OC)cc1)C(=O)Nc1sc2c(c1C(=O)OC)CCCCCC2. The molecular weight excluding hydrogens is 502 g/mol.